The van der Waals surface area contributed by atoms with Crippen LogP contribution in [-0.4, -0.2) is 19.9 Å². The van der Waals surface area contributed by atoms with Gasteiger partial charge >= 0.3 is 0 Å². The Morgan fingerprint density at radius 2 is 2.31 bits per heavy atom. The molecule has 0 bridgehead atoms. The van der Waals surface area contributed by atoms with Crippen LogP contribution in [0.15, 0.2) is 16.5 Å². The molecule has 2 aromatic rings. The second-order valence-electron chi connectivity index (χ2n) is 3.80. The Balaban J connectivity index is 2.09. The van der Waals surface area contributed by atoms with E-state index in [1.165, 1.54) is 0 Å². The number of hydrogen-bond acceptors (Lipinski definition) is 4. The Morgan fingerprint density at radius 1 is 1.44 bits per heavy atom. The fourth-order valence-corrected chi connectivity index (χ4v) is 2.12. The third kappa shape index (κ3) is 1.44. The molecule has 84 valence electrons. The predicted molar refractivity (Wildman–Crippen MR) is 56.9 cm³/mol. The zero-order valence-corrected chi connectivity index (χ0v) is 9.18. The van der Waals surface area contributed by atoms with Crippen molar-refractivity contribution in [3.8, 4) is 11.6 Å². The lowest BCUT2D eigenvalue weighted by Crippen LogP contribution is -2.16. The van der Waals surface area contributed by atoms with Gasteiger partial charge in [-0.25, -0.2) is 0 Å². The van der Waals surface area contributed by atoms with Gasteiger partial charge in [0.1, 0.15) is 6.10 Å². The number of aromatic nitrogens is 3. The molecule has 0 fully saturated rings. The van der Waals surface area contributed by atoms with Gasteiger partial charge in [-0.15, -0.1) is 10.2 Å². The van der Waals surface area contributed by atoms with E-state index < -0.39 is 6.10 Å². The van der Waals surface area contributed by atoms with Crippen LogP contribution in [0.5, 0.6) is 0 Å². The Morgan fingerprint density at radius 3 is 3.06 bits per heavy atom. The molecule has 16 heavy (non-hydrogen) atoms. The van der Waals surface area contributed by atoms with Gasteiger partial charge in [0, 0.05) is 6.54 Å². The molecular weight excluding hydrogens is 230 g/mol. The summed E-state index contributed by atoms with van der Waals surface area (Å²) >= 11 is 5.72. The van der Waals surface area contributed by atoms with Gasteiger partial charge < -0.3 is 14.1 Å². The summed E-state index contributed by atoms with van der Waals surface area (Å²) < 4.78 is 7.17. The van der Waals surface area contributed by atoms with Gasteiger partial charge in [0.2, 0.25) is 0 Å². The topological polar surface area (TPSA) is 64.1 Å². The second kappa shape index (κ2) is 3.61. The summed E-state index contributed by atoms with van der Waals surface area (Å²) in [6.07, 6.45) is 1.12. The lowest BCUT2D eigenvalue weighted by Gasteiger charge is -2.18. The van der Waals surface area contributed by atoms with Crippen molar-refractivity contribution in [3.05, 3.63) is 23.2 Å². The average molecular weight is 240 g/mol. The number of hydrogen-bond donors (Lipinski definition) is 1. The van der Waals surface area contributed by atoms with Crippen LogP contribution in [0.1, 0.15) is 24.8 Å². The number of halogens is 1. The van der Waals surface area contributed by atoms with Crippen molar-refractivity contribution >= 4 is 11.6 Å². The van der Waals surface area contributed by atoms with Crippen LogP contribution in [0.4, 0.5) is 0 Å². The summed E-state index contributed by atoms with van der Waals surface area (Å²) in [7, 11) is 0. The highest BCUT2D eigenvalue weighted by Crippen LogP contribution is 2.29. The molecule has 0 saturated carbocycles. The first-order valence-corrected chi connectivity index (χ1v) is 5.50. The lowest BCUT2D eigenvalue weighted by atomic mass is 10.1. The minimum atomic E-state index is -0.527. The molecule has 0 spiro atoms. The summed E-state index contributed by atoms with van der Waals surface area (Å²) in [6.45, 7) is 0.799. The molecule has 0 amide bonds. The van der Waals surface area contributed by atoms with Crippen LogP contribution in [0.2, 0.25) is 5.22 Å². The highest BCUT2D eigenvalue weighted by atomic mass is 35.5. The van der Waals surface area contributed by atoms with Gasteiger partial charge in [0.25, 0.3) is 0 Å². The van der Waals surface area contributed by atoms with E-state index >= 15 is 0 Å². The standard InChI is InChI=1S/C10H10ClN3O2/c11-8-4-3-7(16-8)10-13-12-9-6(15)2-1-5-14(9)10/h3-4,6,15H,1-2,5H2. The third-order valence-electron chi connectivity index (χ3n) is 2.73. The Bertz CT molecular complexity index is 520. The van der Waals surface area contributed by atoms with Crippen LogP contribution in [0.25, 0.3) is 11.6 Å². The molecule has 3 rings (SSSR count). The number of nitrogens with zero attached hydrogens (tertiary/aromatic N) is 3. The smallest absolute Gasteiger partial charge is 0.199 e. The summed E-state index contributed by atoms with van der Waals surface area (Å²) in [5.74, 6) is 1.81. The highest BCUT2D eigenvalue weighted by Gasteiger charge is 2.24. The van der Waals surface area contributed by atoms with E-state index in [0.717, 1.165) is 19.4 Å². The summed E-state index contributed by atoms with van der Waals surface area (Å²) in [6, 6.07) is 3.42. The highest BCUT2D eigenvalue weighted by molar-refractivity contribution is 6.28. The van der Waals surface area contributed by atoms with Crippen molar-refractivity contribution in [2.75, 3.05) is 0 Å². The van der Waals surface area contributed by atoms with E-state index in [1.807, 2.05) is 4.57 Å². The molecule has 5 nitrogen and oxygen atoms in total. The molecule has 1 aliphatic rings. The van der Waals surface area contributed by atoms with E-state index in [-0.39, 0.29) is 0 Å². The van der Waals surface area contributed by atoms with Crippen molar-refractivity contribution in [1.82, 2.24) is 14.8 Å². The number of furan rings is 1. The van der Waals surface area contributed by atoms with Crippen LogP contribution < -0.4 is 0 Å². The Kier molecular flexibility index (Phi) is 2.22. The predicted octanol–water partition coefficient (Wildman–Crippen LogP) is 2.02. The minimum absolute atomic E-state index is 0.323. The number of fused-ring (bicyclic) bond motifs is 1. The summed E-state index contributed by atoms with van der Waals surface area (Å²) in [5, 5.41) is 18.1. The molecule has 1 atom stereocenters. The molecule has 0 aliphatic carbocycles. The molecular formula is C10H10ClN3O2. The molecule has 2 aromatic heterocycles. The third-order valence-corrected chi connectivity index (χ3v) is 2.93. The van der Waals surface area contributed by atoms with Crippen molar-refractivity contribution < 1.29 is 9.52 Å². The van der Waals surface area contributed by atoms with Crippen LogP contribution in [-0.2, 0) is 6.54 Å². The lowest BCUT2D eigenvalue weighted by molar-refractivity contribution is 0.133. The van der Waals surface area contributed by atoms with E-state index in [0.29, 0.717) is 22.6 Å². The molecule has 3 heterocycles. The van der Waals surface area contributed by atoms with E-state index in [1.54, 1.807) is 12.1 Å². The molecule has 0 saturated heterocycles. The van der Waals surface area contributed by atoms with Gasteiger partial charge in [-0.05, 0) is 36.6 Å². The summed E-state index contributed by atoms with van der Waals surface area (Å²) in [4.78, 5) is 0. The van der Waals surface area contributed by atoms with Crippen molar-refractivity contribution in [2.45, 2.75) is 25.5 Å². The number of aliphatic hydroxyl groups excluding tert-OH is 1. The van der Waals surface area contributed by atoms with Gasteiger partial charge in [-0.1, -0.05) is 0 Å². The number of aliphatic hydroxyl groups is 1. The first kappa shape index (κ1) is 9.86. The number of rotatable bonds is 1. The van der Waals surface area contributed by atoms with Crippen molar-refractivity contribution in [1.29, 1.82) is 0 Å². The van der Waals surface area contributed by atoms with Crippen LogP contribution >= 0.6 is 11.6 Å². The van der Waals surface area contributed by atoms with Crippen molar-refractivity contribution in [2.24, 2.45) is 0 Å². The van der Waals surface area contributed by atoms with Crippen LogP contribution in [0, 0.1) is 0 Å². The molecule has 1 unspecified atom stereocenters. The molecule has 6 heteroatoms. The van der Waals surface area contributed by atoms with Crippen molar-refractivity contribution in [3.63, 3.8) is 0 Å². The van der Waals surface area contributed by atoms with E-state index in [4.69, 9.17) is 16.0 Å². The van der Waals surface area contributed by atoms with Gasteiger partial charge in [-0.3, -0.25) is 0 Å². The zero-order valence-electron chi connectivity index (χ0n) is 8.43. The molecule has 1 aliphatic heterocycles. The van der Waals surface area contributed by atoms with Crippen LogP contribution in [0.3, 0.4) is 0 Å². The zero-order chi connectivity index (χ0) is 11.1. The Hall–Kier alpha value is -1.33. The fraction of sp³-hybridized carbons (Fsp3) is 0.400. The maximum atomic E-state index is 9.75. The maximum Gasteiger partial charge on any atom is 0.199 e. The largest absolute Gasteiger partial charge is 0.441 e. The van der Waals surface area contributed by atoms with Gasteiger partial charge in [-0.2, -0.15) is 0 Å². The first-order valence-electron chi connectivity index (χ1n) is 5.12. The quantitative estimate of drug-likeness (QED) is 0.827. The molecule has 1 N–H and O–H groups in total. The first-order chi connectivity index (χ1) is 7.75. The average Bonchev–Trinajstić information content (AvgIpc) is 2.84. The maximum absolute atomic E-state index is 9.75. The minimum Gasteiger partial charge on any atom is -0.441 e. The van der Waals surface area contributed by atoms with Gasteiger partial charge in [0.05, 0.1) is 0 Å². The van der Waals surface area contributed by atoms with E-state index in [2.05, 4.69) is 10.2 Å². The second-order valence-corrected chi connectivity index (χ2v) is 4.17. The summed E-state index contributed by atoms with van der Waals surface area (Å²) in [5.41, 5.74) is 0. The molecule has 0 radical (unpaired) electrons. The Labute approximate surface area is 96.7 Å². The normalized spacial score (nSPS) is 19.8. The fourth-order valence-electron chi connectivity index (χ4n) is 1.97. The molecule has 0 aromatic carbocycles. The monoisotopic (exact) mass is 239 g/mol. The van der Waals surface area contributed by atoms with E-state index in [9.17, 15) is 5.11 Å². The SMILES string of the molecule is OC1CCCn2c(-c3ccc(Cl)o3)nnc21. The van der Waals surface area contributed by atoms with Gasteiger partial charge in [0.15, 0.2) is 22.6 Å².